The lowest BCUT2D eigenvalue weighted by Crippen LogP contribution is -2.54. The van der Waals surface area contributed by atoms with Crippen molar-refractivity contribution < 1.29 is 23.9 Å². The van der Waals surface area contributed by atoms with Crippen LogP contribution >= 0.6 is 0 Å². The minimum absolute atomic E-state index is 0.237. The Labute approximate surface area is 211 Å². The molecule has 1 aliphatic rings. The molecule has 9 nitrogen and oxygen atoms in total. The third-order valence-corrected chi connectivity index (χ3v) is 5.97. The minimum atomic E-state index is -1.10. The second-order valence-electron chi connectivity index (χ2n) is 8.90. The molecule has 0 unspecified atom stereocenters. The maximum Gasteiger partial charge on any atom is 0.243 e. The number of amides is 4. The van der Waals surface area contributed by atoms with Crippen LogP contribution in [-0.4, -0.2) is 48.9 Å². The molecule has 1 heterocycles. The van der Waals surface area contributed by atoms with Gasteiger partial charge in [-0.05, 0) is 55.0 Å². The number of hydrogen-bond acceptors (Lipinski definition) is 5. The molecule has 0 aliphatic carbocycles. The van der Waals surface area contributed by atoms with E-state index in [1.807, 2.05) is 55.5 Å². The van der Waals surface area contributed by atoms with E-state index in [0.717, 1.165) is 16.7 Å². The van der Waals surface area contributed by atoms with Crippen LogP contribution in [0.25, 0.3) is 0 Å². The summed E-state index contributed by atoms with van der Waals surface area (Å²) in [7, 11) is 0. The van der Waals surface area contributed by atoms with E-state index in [0.29, 0.717) is 38.2 Å². The molecule has 0 fully saturated rings. The van der Waals surface area contributed by atoms with E-state index in [1.165, 1.54) is 6.92 Å². The molecule has 2 bridgehead atoms. The van der Waals surface area contributed by atoms with Crippen molar-refractivity contribution in [2.45, 2.75) is 58.2 Å². The van der Waals surface area contributed by atoms with Crippen molar-refractivity contribution >= 4 is 23.6 Å². The Balaban J connectivity index is 1.83. The molecule has 0 spiro atoms. The molecule has 4 N–H and O–H groups in total. The second-order valence-corrected chi connectivity index (χ2v) is 8.90. The van der Waals surface area contributed by atoms with E-state index in [9.17, 15) is 19.2 Å². The van der Waals surface area contributed by atoms with Gasteiger partial charge in [-0.25, -0.2) is 0 Å². The molecule has 36 heavy (non-hydrogen) atoms. The van der Waals surface area contributed by atoms with E-state index >= 15 is 0 Å². The van der Waals surface area contributed by atoms with Crippen molar-refractivity contribution in [3.63, 3.8) is 0 Å². The molecule has 1 aliphatic heterocycles. The van der Waals surface area contributed by atoms with Crippen molar-refractivity contribution in [3.8, 4) is 5.75 Å². The van der Waals surface area contributed by atoms with Gasteiger partial charge in [-0.2, -0.15) is 0 Å². The number of rotatable bonds is 4. The maximum atomic E-state index is 13.2. The fourth-order valence-electron chi connectivity index (χ4n) is 3.93. The molecule has 0 saturated heterocycles. The SMILES string of the molecule is CC(=O)N[C@H]1CC(=O)NCCCOc2ccc(C)c(c2)CNC(=O)[C@H](CCc2ccccc2)NC1=O. The Hall–Kier alpha value is -3.88. The zero-order valence-electron chi connectivity index (χ0n) is 20.8. The van der Waals surface area contributed by atoms with Gasteiger partial charge in [0.05, 0.1) is 13.0 Å². The van der Waals surface area contributed by atoms with Crippen LogP contribution < -0.4 is 26.0 Å². The Morgan fingerprint density at radius 3 is 2.58 bits per heavy atom. The van der Waals surface area contributed by atoms with Gasteiger partial charge in [0.2, 0.25) is 23.6 Å². The van der Waals surface area contributed by atoms with E-state index in [-0.39, 0.29) is 24.8 Å². The van der Waals surface area contributed by atoms with Crippen LogP contribution in [0.4, 0.5) is 0 Å². The number of fused-ring (bicyclic) bond motifs is 2. The van der Waals surface area contributed by atoms with Gasteiger partial charge in [-0.1, -0.05) is 36.4 Å². The highest BCUT2D eigenvalue weighted by atomic mass is 16.5. The average molecular weight is 495 g/mol. The number of aryl methyl sites for hydroxylation is 2. The Kier molecular flexibility index (Phi) is 9.85. The third-order valence-electron chi connectivity index (χ3n) is 5.97. The largest absolute Gasteiger partial charge is 0.494 e. The summed E-state index contributed by atoms with van der Waals surface area (Å²) < 4.78 is 5.80. The summed E-state index contributed by atoms with van der Waals surface area (Å²) in [5.41, 5.74) is 2.94. The number of carbonyl (C=O) groups excluding carboxylic acids is 4. The molecule has 2 aromatic carbocycles. The van der Waals surface area contributed by atoms with E-state index < -0.39 is 23.9 Å². The standard InChI is InChI=1S/C27H34N4O5/c1-18-9-11-22-15-21(18)17-29-26(34)23(12-10-20-7-4-3-5-8-20)31-27(35)24(30-19(2)32)16-25(33)28-13-6-14-36-22/h3-5,7-9,11,15,23-24H,6,10,12-14,16-17H2,1-2H3,(H,28,33)(H,29,34)(H,30,32)(H,31,35)/t23-,24-/m0/s1. The number of benzene rings is 2. The maximum absolute atomic E-state index is 13.2. The zero-order valence-corrected chi connectivity index (χ0v) is 20.8. The quantitative estimate of drug-likeness (QED) is 0.513. The van der Waals surface area contributed by atoms with E-state index in [4.69, 9.17) is 4.74 Å². The van der Waals surface area contributed by atoms with Crippen LogP contribution in [0.15, 0.2) is 48.5 Å². The van der Waals surface area contributed by atoms with Gasteiger partial charge < -0.3 is 26.0 Å². The van der Waals surface area contributed by atoms with Crippen molar-refractivity contribution in [2.75, 3.05) is 13.2 Å². The second kappa shape index (κ2) is 13.3. The molecule has 192 valence electrons. The van der Waals surface area contributed by atoms with E-state index in [2.05, 4.69) is 21.3 Å². The van der Waals surface area contributed by atoms with Crippen LogP contribution in [0.2, 0.25) is 0 Å². The number of nitrogens with one attached hydrogen (secondary N) is 4. The van der Waals surface area contributed by atoms with Crippen molar-refractivity contribution in [1.29, 1.82) is 0 Å². The van der Waals surface area contributed by atoms with Crippen LogP contribution in [0.5, 0.6) is 5.75 Å². The van der Waals surface area contributed by atoms with E-state index in [1.54, 1.807) is 0 Å². The lowest BCUT2D eigenvalue weighted by Gasteiger charge is -2.23. The summed E-state index contributed by atoms with van der Waals surface area (Å²) in [6.45, 7) is 4.27. The third kappa shape index (κ3) is 8.41. The van der Waals surface area contributed by atoms with Gasteiger partial charge in [0, 0.05) is 20.0 Å². The Morgan fingerprint density at radius 2 is 1.83 bits per heavy atom. The number of carbonyl (C=O) groups is 4. The summed E-state index contributed by atoms with van der Waals surface area (Å²) in [6.07, 6.45) is 1.25. The highest BCUT2D eigenvalue weighted by Crippen LogP contribution is 2.18. The molecule has 2 atom stereocenters. The molecule has 4 amide bonds. The first-order valence-electron chi connectivity index (χ1n) is 12.2. The molecule has 9 heteroatoms. The fourth-order valence-corrected chi connectivity index (χ4v) is 3.93. The summed E-state index contributed by atoms with van der Waals surface area (Å²) >= 11 is 0. The van der Waals surface area contributed by atoms with Crippen molar-refractivity contribution in [2.24, 2.45) is 0 Å². The van der Waals surface area contributed by atoms with Crippen LogP contribution in [-0.2, 0) is 32.1 Å². The van der Waals surface area contributed by atoms with Gasteiger partial charge in [-0.15, -0.1) is 0 Å². The summed E-state index contributed by atoms with van der Waals surface area (Å²) in [6, 6.07) is 13.4. The fraction of sp³-hybridized carbons (Fsp3) is 0.407. The molecule has 0 aromatic heterocycles. The smallest absolute Gasteiger partial charge is 0.243 e. The average Bonchev–Trinajstić information content (AvgIpc) is 2.85. The first-order valence-corrected chi connectivity index (χ1v) is 12.2. The predicted octanol–water partition coefficient (Wildman–Crippen LogP) is 1.52. The molecular formula is C27H34N4O5. The summed E-state index contributed by atoms with van der Waals surface area (Å²) in [4.78, 5) is 50.5. The molecule has 2 aromatic rings. The topological polar surface area (TPSA) is 126 Å². The predicted molar refractivity (Wildman–Crippen MR) is 135 cm³/mol. The van der Waals surface area contributed by atoms with Gasteiger partial charge in [-0.3, -0.25) is 19.2 Å². The van der Waals surface area contributed by atoms with Crippen LogP contribution in [0.3, 0.4) is 0 Å². The lowest BCUT2D eigenvalue weighted by molar-refractivity contribution is -0.133. The van der Waals surface area contributed by atoms with Gasteiger partial charge in [0.25, 0.3) is 0 Å². The number of ether oxygens (including phenoxy) is 1. The van der Waals surface area contributed by atoms with Gasteiger partial charge in [0.15, 0.2) is 0 Å². The van der Waals surface area contributed by atoms with Gasteiger partial charge >= 0.3 is 0 Å². The van der Waals surface area contributed by atoms with Crippen LogP contribution in [0.1, 0.15) is 42.9 Å². The highest BCUT2D eigenvalue weighted by molar-refractivity contribution is 5.94. The monoisotopic (exact) mass is 494 g/mol. The first-order chi connectivity index (χ1) is 17.3. The molecule has 3 rings (SSSR count). The first kappa shape index (κ1) is 26.7. The number of hydrogen-bond donors (Lipinski definition) is 4. The highest BCUT2D eigenvalue weighted by Gasteiger charge is 2.28. The Bertz CT molecular complexity index is 1070. The van der Waals surface area contributed by atoms with Crippen molar-refractivity contribution in [3.05, 3.63) is 65.2 Å². The summed E-state index contributed by atoms with van der Waals surface area (Å²) in [5, 5.41) is 11.0. The molecule has 0 radical (unpaired) electrons. The normalized spacial score (nSPS) is 19.7. The van der Waals surface area contributed by atoms with Gasteiger partial charge in [0.1, 0.15) is 17.8 Å². The zero-order chi connectivity index (χ0) is 25.9. The lowest BCUT2D eigenvalue weighted by atomic mass is 10.0. The molecular weight excluding hydrogens is 460 g/mol. The van der Waals surface area contributed by atoms with Crippen LogP contribution in [0, 0.1) is 6.92 Å². The minimum Gasteiger partial charge on any atom is -0.494 e. The Morgan fingerprint density at radius 1 is 1.06 bits per heavy atom. The van der Waals surface area contributed by atoms with Crippen molar-refractivity contribution in [1.82, 2.24) is 21.3 Å². The molecule has 0 saturated carbocycles. The summed E-state index contributed by atoms with van der Waals surface area (Å²) in [5.74, 6) is -1.07.